The maximum Gasteiger partial charge on any atom is 0.306 e. The zero-order valence-electron chi connectivity index (χ0n) is 19.6. The van der Waals surface area contributed by atoms with Gasteiger partial charge in [0.05, 0.1) is 21.1 Å². The molecule has 0 spiro atoms. The number of nitrogens with zero attached hydrogens (tertiary/aromatic N) is 1. The van der Waals surface area contributed by atoms with E-state index in [1.54, 1.807) is 0 Å². The van der Waals surface area contributed by atoms with Crippen molar-refractivity contribution in [3.63, 3.8) is 0 Å². The second-order valence-corrected chi connectivity index (χ2v) is 8.79. The minimum Gasteiger partial charge on any atom is -0.550 e. The van der Waals surface area contributed by atoms with Crippen molar-refractivity contribution in [2.45, 2.75) is 83.7 Å². The van der Waals surface area contributed by atoms with Gasteiger partial charge in [-0.25, -0.2) is 0 Å². The van der Waals surface area contributed by atoms with Crippen LogP contribution in [0.2, 0.25) is 0 Å². The third-order valence-electron chi connectivity index (χ3n) is 4.46. The highest BCUT2D eigenvalue weighted by atomic mass is 16.5. The number of hydrogen-bond donors (Lipinski definition) is 0. The molecule has 0 saturated heterocycles. The van der Waals surface area contributed by atoms with Gasteiger partial charge >= 0.3 is 5.97 Å². The molecule has 0 heterocycles. The molecule has 0 unspecified atom stereocenters. The van der Waals surface area contributed by atoms with Crippen molar-refractivity contribution in [3.05, 3.63) is 36.5 Å². The number of allylic oxidation sites excluding steroid dienone is 6. The Morgan fingerprint density at radius 1 is 0.867 bits per heavy atom. The molecule has 0 aromatic carbocycles. The highest BCUT2D eigenvalue weighted by Gasteiger charge is 2.22. The maximum absolute atomic E-state index is 12.0. The van der Waals surface area contributed by atoms with E-state index in [1.807, 2.05) is 21.1 Å². The molecule has 0 aromatic heterocycles. The lowest BCUT2D eigenvalue weighted by atomic mass is 10.1. The Morgan fingerprint density at radius 3 is 1.90 bits per heavy atom. The number of rotatable bonds is 18. The smallest absolute Gasteiger partial charge is 0.306 e. The fraction of sp³-hybridized carbons (Fsp3) is 0.680. The largest absolute Gasteiger partial charge is 0.550 e. The minimum atomic E-state index is -1.19. The third kappa shape index (κ3) is 20.8. The first-order valence-corrected chi connectivity index (χ1v) is 11.4. The standard InChI is InChI=1S/C25H43NO4/c1-5-6-7-8-9-10-11-12-13-14-15-16-17-18-19-20-25(29)30-23(21-24(27)28)22-26(2,3)4/h9-10,12-13,15-16,23H,5-8,11,14,17-22H2,1-4H3/b10-9-,13-12-,16-15-/t23-/m1/s1. The summed E-state index contributed by atoms with van der Waals surface area (Å²) >= 11 is 0. The molecule has 0 rings (SSSR count). The molecule has 30 heavy (non-hydrogen) atoms. The number of ether oxygens (including phenoxy) is 1. The van der Waals surface area contributed by atoms with Crippen LogP contribution in [0.5, 0.6) is 0 Å². The quantitative estimate of drug-likeness (QED) is 0.143. The van der Waals surface area contributed by atoms with Crippen LogP contribution in [0.3, 0.4) is 0 Å². The van der Waals surface area contributed by atoms with Crippen LogP contribution in [-0.4, -0.2) is 50.2 Å². The summed E-state index contributed by atoms with van der Waals surface area (Å²) in [6, 6.07) is 0. The Bertz CT molecular complexity index is 544. The number of esters is 1. The zero-order chi connectivity index (χ0) is 22.7. The van der Waals surface area contributed by atoms with Gasteiger partial charge in [-0.05, 0) is 44.9 Å². The molecule has 1 atom stereocenters. The summed E-state index contributed by atoms with van der Waals surface area (Å²) in [5, 5.41) is 10.9. The fourth-order valence-corrected chi connectivity index (χ4v) is 3.01. The third-order valence-corrected chi connectivity index (χ3v) is 4.46. The van der Waals surface area contributed by atoms with Crippen molar-refractivity contribution in [2.24, 2.45) is 0 Å². The van der Waals surface area contributed by atoms with Crippen LogP contribution < -0.4 is 5.11 Å². The molecular weight excluding hydrogens is 378 g/mol. The molecule has 0 aliphatic carbocycles. The zero-order valence-corrected chi connectivity index (χ0v) is 19.6. The van der Waals surface area contributed by atoms with E-state index in [4.69, 9.17) is 4.74 Å². The molecule has 0 radical (unpaired) electrons. The van der Waals surface area contributed by atoms with Gasteiger partial charge in [0, 0.05) is 18.8 Å². The van der Waals surface area contributed by atoms with Gasteiger partial charge in [0.2, 0.25) is 0 Å². The number of carboxylic acids is 1. The molecule has 0 N–H and O–H groups in total. The lowest BCUT2D eigenvalue weighted by molar-refractivity contribution is -0.873. The molecule has 0 fully saturated rings. The summed E-state index contributed by atoms with van der Waals surface area (Å²) < 4.78 is 5.88. The van der Waals surface area contributed by atoms with Gasteiger partial charge in [-0.1, -0.05) is 56.2 Å². The van der Waals surface area contributed by atoms with Crippen molar-refractivity contribution in [1.82, 2.24) is 0 Å². The lowest BCUT2D eigenvalue weighted by Crippen LogP contribution is -2.45. The molecule has 0 aliphatic rings. The van der Waals surface area contributed by atoms with Crippen LogP contribution in [0, 0.1) is 0 Å². The lowest BCUT2D eigenvalue weighted by Gasteiger charge is -2.29. The number of carbonyl (C=O) groups is 2. The van der Waals surface area contributed by atoms with E-state index in [0.717, 1.165) is 32.1 Å². The normalized spacial score (nSPS) is 13.5. The molecule has 5 heteroatoms. The topological polar surface area (TPSA) is 66.4 Å². The molecular formula is C25H43NO4. The van der Waals surface area contributed by atoms with Crippen LogP contribution in [0.1, 0.15) is 77.6 Å². The predicted octanol–water partition coefficient (Wildman–Crippen LogP) is 4.33. The van der Waals surface area contributed by atoms with Crippen LogP contribution in [-0.2, 0) is 14.3 Å². The van der Waals surface area contributed by atoms with Gasteiger partial charge in [0.1, 0.15) is 6.54 Å². The first-order valence-electron chi connectivity index (χ1n) is 11.4. The van der Waals surface area contributed by atoms with Crippen molar-refractivity contribution < 1.29 is 23.9 Å². The summed E-state index contributed by atoms with van der Waals surface area (Å²) in [5.41, 5.74) is 0. The van der Waals surface area contributed by atoms with E-state index in [2.05, 4.69) is 43.4 Å². The van der Waals surface area contributed by atoms with Crippen LogP contribution >= 0.6 is 0 Å². The number of hydrogen-bond acceptors (Lipinski definition) is 4. The highest BCUT2D eigenvalue weighted by Crippen LogP contribution is 2.09. The predicted molar refractivity (Wildman–Crippen MR) is 122 cm³/mol. The summed E-state index contributed by atoms with van der Waals surface area (Å²) in [7, 11) is 5.80. The molecule has 0 saturated carbocycles. The maximum atomic E-state index is 12.0. The van der Waals surface area contributed by atoms with Crippen molar-refractivity contribution >= 4 is 11.9 Å². The van der Waals surface area contributed by atoms with Gasteiger partial charge in [-0.3, -0.25) is 4.79 Å². The van der Waals surface area contributed by atoms with Crippen molar-refractivity contribution in [3.8, 4) is 0 Å². The first kappa shape index (κ1) is 28.1. The van der Waals surface area contributed by atoms with E-state index in [1.165, 1.54) is 25.7 Å². The molecule has 5 nitrogen and oxygen atoms in total. The molecule has 0 aliphatic heterocycles. The van der Waals surface area contributed by atoms with Crippen LogP contribution in [0.15, 0.2) is 36.5 Å². The second kappa shape index (κ2) is 17.9. The molecule has 0 amide bonds. The van der Waals surface area contributed by atoms with E-state index in [-0.39, 0.29) is 12.4 Å². The number of quaternary nitrogens is 1. The second-order valence-electron chi connectivity index (χ2n) is 8.79. The van der Waals surface area contributed by atoms with Crippen molar-refractivity contribution in [2.75, 3.05) is 27.7 Å². The molecule has 0 aromatic rings. The van der Waals surface area contributed by atoms with E-state index < -0.39 is 12.1 Å². The van der Waals surface area contributed by atoms with Crippen LogP contribution in [0.25, 0.3) is 0 Å². The van der Waals surface area contributed by atoms with E-state index in [0.29, 0.717) is 17.4 Å². The summed E-state index contributed by atoms with van der Waals surface area (Å²) in [6.45, 7) is 2.67. The van der Waals surface area contributed by atoms with Gasteiger partial charge in [-0.15, -0.1) is 0 Å². The Morgan fingerprint density at radius 2 is 1.40 bits per heavy atom. The fourth-order valence-electron chi connectivity index (χ4n) is 3.01. The molecule has 172 valence electrons. The number of likely N-dealkylation sites (N-methyl/N-ethyl adjacent to an activating group) is 1. The highest BCUT2D eigenvalue weighted by molar-refractivity contribution is 5.70. The number of aliphatic carboxylic acids is 1. The van der Waals surface area contributed by atoms with Gasteiger partial charge < -0.3 is 19.1 Å². The van der Waals surface area contributed by atoms with Gasteiger partial charge in [0.15, 0.2) is 6.10 Å². The Kier molecular flexibility index (Phi) is 16.8. The average Bonchev–Trinajstić information content (AvgIpc) is 2.63. The molecule has 0 bridgehead atoms. The Balaban J connectivity index is 3.84. The van der Waals surface area contributed by atoms with E-state index in [9.17, 15) is 14.7 Å². The summed E-state index contributed by atoms with van der Waals surface area (Å²) in [6.07, 6.45) is 22.1. The van der Waals surface area contributed by atoms with Gasteiger partial charge in [0.25, 0.3) is 0 Å². The SMILES string of the molecule is CCCCC/C=C\C/C=C\C/C=C\CCCCC(=O)O[C@H](CC(=O)[O-])C[N+](C)(C)C. The van der Waals surface area contributed by atoms with Crippen molar-refractivity contribution in [1.29, 1.82) is 0 Å². The first-order chi connectivity index (χ1) is 14.2. The number of carboxylic acid groups (broad SMARTS) is 1. The number of carbonyl (C=O) groups excluding carboxylic acids is 2. The minimum absolute atomic E-state index is 0.258. The van der Waals surface area contributed by atoms with Gasteiger partial charge in [-0.2, -0.15) is 0 Å². The Labute approximate surface area is 184 Å². The van der Waals surface area contributed by atoms with E-state index >= 15 is 0 Å². The average molecular weight is 422 g/mol. The summed E-state index contributed by atoms with van der Waals surface area (Å²) in [4.78, 5) is 22.8. The Hall–Kier alpha value is -1.88. The monoisotopic (exact) mass is 421 g/mol. The number of unbranched alkanes of at least 4 members (excludes halogenated alkanes) is 5. The van der Waals surface area contributed by atoms with Crippen LogP contribution in [0.4, 0.5) is 0 Å². The summed E-state index contributed by atoms with van der Waals surface area (Å²) in [5.74, 6) is -1.52.